The normalized spacial score (nSPS) is 23.4. The first-order chi connectivity index (χ1) is 8.17. The second-order valence-corrected chi connectivity index (χ2v) is 3.27. The number of methoxy groups -OCH3 is 1. The third kappa shape index (κ3) is 2.21. The van der Waals surface area contributed by atoms with Crippen molar-refractivity contribution < 1.29 is 23.7 Å². The zero-order chi connectivity index (χ0) is 12.9. The van der Waals surface area contributed by atoms with E-state index in [9.17, 15) is 4.79 Å². The van der Waals surface area contributed by atoms with E-state index < -0.39 is 5.79 Å². The number of carbonyl (C=O) groups is 1. The summed E-state index contributed by atoms with van der Waals surface area (Å²) in [5.41, 5.74) is 0. The van der Waals surface area contributed by atoms with Crippen LogP contribution in [-0.2, 0) is 23.7 Å². The highest BCUT2D eigenvalue weighted by Crippen LogP contribution is 2.40. The number of hydrogen-bond donors (Lipinski definition) is 0. The highest BCUT2D eigenvalue weighted by Gasteiger charge is 2.60. The van der Waals surface area contributed by atoms with Crippen LogP contribution < -0.4 is 0 Å². The Morgan fingerprint density at radius 3 is 2.47 bits per heavy atom. The Bertz CT molecular complexity index is 334. The molecule has 0 aromatic rings. The number of hydrogen-bond acceptors (Lipinski definition) is 5. The summed E-state index contributed by atoms with van der Waals surface area (Å²) in [6.45, 7) is 8.09. The van der Waals surface area contributed by atoms with Crippen molar-refractivity contribution in [3.8, 4) is 0 Å². The number of carbonyl (C=O) groups excluding carboxylic acids is 1. The van der Waals surface area contributed by atoms with Gasteiger partial charge < -0.3 is 18.9 Å². The molecule has 0 aliphatic heterocycles. The molecule has 96 valence electrons. The SMILES string of the molecule is C=CCOC1=C(OCC)C(OC)(OCC)C1=O. The third-order valence-electron chi connectivity index (χ3n) is 2.28. The molecular formula is C12H18O5. The molecular weight excluding hydrogens is 224 g/mol. The molecule has 0 amide bonds. The van der Waals surface area contributed by atoms with Crippen LogP contribution in [0.5, 0.6) is 0 Å². The van der Waals surface area contributed by atoms with Crippen LogP contribution in [-0.4, -0.2) is 38.5 Å². The lowest BCUT2D eigenvalue weighted by molar-refractivity contribution is -0.228. The minimum atomic E-state index is -1.43. The van der Waals surface area contributed by atoms with Gasteiger partial charge in [-0.3, -0.25) is 4.79 Å². The molecule has 0 fully saturated rings. The molecule has 1 aliphatic carbocycles. The summed E-state index contributed by atoms with van der Waals surface area (Å²) in [7, 11) is 1.40. The van der Waals surface area contributed by atoms with Gasteiger partial charge in [0.2, 0.25) is 11.5 Å². The van der Waals surface area contributed by atoms with Crippen LogP contribution in [0.2, 0.25) is 0 Å². The molecule has 0 bridgehead atoms. The molecule has 0 spiro atoms. The fourth-order valence-corrected chi connectivity index (χ4v) is 1.60. The van der Waals surface area contributed by atoms with Gasteiger partial charge in [0.15, 0.2) is 0 Å². The van der Waals surface area contributed by atoms with Gasteiger partial charge in [0.1, 0.15) is 6.61 Å². The van der Waals surface area contributed by atoms with Crippen LogP contribution in [0.4, 0.5) is 0 Å². The summed E-state index contributed by atoms with van der Waals surface area (Å²) in [4.78, 5) is 11.9. The summed E-state index contributed by atoms with van der Waals surface area (Å²) < 4.78 is 21.1. The van der Waals surface area contributed by atoms with Crippen molar-refractivity contribution in [3.63, 3.8) is 0 Å². The van der Waals surface area contributed by atoms with Gasteiger partial charge in [0.05, 0.1) is 6.61 Å². The molecule has 1 rings (SSSR count). The van der Waals surface area contributed by atoms with E-state index >= 15 is 0 Å². The van der Waals surface area contributed by atoms with Crippen molar-refractivity contribution in [1.82, 2.24) is 0 Å². The maximum atomic E-state index is 11.9. The number of rotatable bonds is 8. The molecule has 1 atom stereocenters. The van der Waals surface area contributed by atoms with E-state index in [0.717, 1.165) is 0 Å². The molecule has 5 heteroatoms. The predicted molar refractivity (Wildman–Crippen MR) is 61.2 cm³/mol. The van der Waals surface area contributed by atoms with Gasteiger partial charge in [-0.15, -0.1) is 0 Å². The van der Waals surface area contributed by atoms with E-state index in [-0.39, 0.29) is 18.1 Å². The Labute approximate surface area is 101 Å². The maximum Gasteiger partial charge on any atom is 0.301 e. The van der Waals surface area contributed by atoms with E-state index in [2.05, 4.69) is 6.58 Å². The Morgan fingerprint density at radius 1 is 1.29 bits per heavy atom. The molecule has 0 radical (unpaired) electrons. The van der Waals surface area contributed by atoms with Gasteiger partial charge >= 0.3 is 5.79 Å². The van der Waals surface area contributed by atoms with Crippen molar-refractivity contribution in [2.24, 2.45) is 0 Å². The second kappa shape index (κ2) is 5.84. The zero-order valence-electron chi connectivity index (χ0n) is 10.4. The number of ether oxygens (including phenoxy) is 4. The highest BCUT2D eigenvalue weighted by atomic mass is 16.7. The van der Waals surface area contributed by atoms with E-state index in [1.54, 1.807) is 13.0 Å². The smallest absolute Gasteiger partial charge is 0.301 e. The van der Waals surface area contributed by atoms with Crippen LogP contribution in [0, 0.1) is 0 Å². The Hall–Kier alpha value is -1.33. The molecule has 0 saturated heterocycles. The molecule has 1 unspecified atom stereocenters. The van der Waals surface area contributed by atoms with Crippen LogP contribution in [0.25, 0.3) is 0 Å². The topological polar surface area (TPSA) is 54.0 Å². The van der Waals surface area contributed by atoms with Gasteiger partial charge in [-0.25, -0.2) is 0 Å². The summed E-state index contributed by atoms with van der Waals surface area (Å²) >= 11 is 0. The molecule has 5 nitrogen and oxygen atoms in total. The summed E-state index contributed by atoms with van der Waals surface area (Å²) in [6.07, 6.45) is 1.55. The predicted octanol–water partition coefficient (Wildman–Crippen LogP) is 1.40. The lowest BCUT2D eigenvalue weighted by Crippen LogP contribution is -2.56. The first kappa shape index (κ1) is 13.7. The standard InChI is InChI=1S/C12H18O5/c1-5-8-16-9-10(13)12(14-4,17-7-3)11(9)15-6-2/h5H,1,6-8H2,2-4H3. The lowest BCUT2D eigenvalue weighted by Gasteiger charge is -2.39. The Kier molecular flexibility index (Phi) is 4.72. The number of ketones is 1. The van der Waals surface area contributed by atoms with Gasteiger partial charge in [0, 0.05) is 13.7 Å². The first-order valence-corrected chi connectivity index (χ1v) is 5.53. The third-order valence-corrected chi connectivity index (χ3v) is 2.28. The molecule has 0 saturated carbocycles. The van der Waals surface area contributed by atoms with Crippen molar-refractivity contribution in [3.05, 3.63) is 24.2 Å². The fraction of sp³-hybridized carbons (Fsp3) is 0.583. The highest BCUT2D eigenvalue weighted by molar-refractivity contribution is 6.09. The van der Waals surface area contributed by atoms with Crippen molar-refractivity contribution in [2.75, 3.05) is 26.9 Å². The first-order valence-electron chi connectivity index (χ1n) is 5.53. The maximum absolute atomic E-state index is 11.9. The van der Waals surface area contributed by atoms with E-state index in [1.165, 1.54) is 7.11 Å². The van der Waals surface area contributed by atoms with Crippen LogP contribution in [0.3, 0.4) is 0 Å². The summed E-state index contributed by atoms with van der Waals surface area (Å²) in [5.74, 6) is -1.33. The minimum Gasteiger partial charge on any atom is -0.489 e. The largest absolute Gasteiger partial charge is 0.489 e. The molecule has 1 aliphatic rings. The quantitative estimate of drug-likeness (QED) is 0.475. The minimum absolute atomic E-state index is 0.155. The van der Waals surface area contributed by atoms with Gasteiger partial charge in [-0.2, -0.15) is 0 Å². The Balaban J connectivity index is 2.97. The molecule has 0 aromatic heterocycles. The van der Waals surface area contributed by atoms with Crippen molar-refractivity contribution >= 4 is 5.78 Å². The van der Waals surface area contributed by atoms with Crippen molar-refractivity contribution in [1.29, 1.82) is 0 Å². The molecule has 0 aromatic carbocycles. The average molecular weight is 242 g/mol. The van der Waals surface area contributed by atoms with Crippen LogP contribution in [0.15, 0.2) is 24.2 Å². The summed E-state index contributed by atoms with van der Waals surface area (Å²) in [6, 6.07) is 0. The van der Waals surface area contributed by atoms with Gasteiger partial charge in [0.25, 0.3) is 5.78 Å². The monoisotopic (exact) mass is 242 g/mol. The lowest BCUT2D eigenvalue weighted by atomic mass is 9.94. The van der Waals surface area contributed by atoms with E-state index in [0.29, 0.717) is 19.0 Å². The van der Waals surface area contributed by atoms with Crippen LogP contribution >= 0.6 is 0 Å². The fourth-order valence-electron chi connectivity index (χ4n) is 1.60. The van der Waals surface area contributed by atoms with E-state index in [4.69, 9.17) is 18.9 Å². The van der Waals surface area contributed by atoms with Crippen molar-refractivity contribution in [2.45, 2.75) is 19.6 Å². The van der Waals surface area contributed by atoms with Gasteiger partial charge in [-0.05, 0) is 13.8 Å². The molecule has 17 heavy (non-hydrogen) atoms. The Morgan fingerprint density at radius 2 is 2.00 bits per heavy atom. The molecule has 0 heterocycles. The summed E-state index contributed by atoms with van der Waals surface area (Å²) in [5, 5.41) is 0. The number of Topliss-reactive ketones (excluding diaryl/α,β-unsaturated/α-hetero) is 1. The average Bonchev–Trinajstić information content (AvgIpc) is 2.35. The molecule has 0 N–H and O–H groups in total. The van der Waals surface area contributed by atoms with Gasteiger partial charge in [-0.1, -0.05) is 12.7 Å². The second-order valence-electron chi connectivity index (χ2n) is 3.27. The zero-order valence-corrected chi connectivity index (χ0v) is 10.4. The van der Waals surface area contributed by atoms with E-state index in [1.807, 2.05) is 6.92 Å². The van der Waals surface area contributed by atoms with Crippen LogP contribution in [0.1, 0.15) is 13.8 Å².